The van der Waals surface area contributed by atoms with Crippen molar-refractivity contribution in [2.24, 2.45) is 15.5 Å². The molecule has 24 heavy (non-hydrogen) atoms. The van der Waals surface area contributed by atoms with Gasteiger partial charge in [0.2, 0.25) is 5.91 Å². The van der Waals surface area contributed by atoms with Crippen molar-refractivity contribution in [1.29, 1.82) is 0 Å². The van der Waals surface area contributed by atoms with Gasteiger partial charge in [-0.05, 0) is 23.1 Å². The van der Waals surface area contributed by atoms with Gasteiger partial charge in [-0.3, -0.25) is 18.6 Å². The lowest BCUT2D eigenvalue weighted by molar-refractivity contribution is -0.121. The molecule has 0 spiro atoms. The van der Waals surface area contributed by atoms with Crippen LogP contribution in [-0.2, 0) is 4.79 Å². The molecule has 1 amide bonds. The highest BCUT2D eigenvalue weighted by Crippen LogP contribution is 2.46. The Labute approximate surface area is 143 Å². The second kappa shape index (κ2) is 6.88. The summed E-state index contributed by atoms with van der Waals surface area (Å²) in [4.78, 5) is 11.4. The number of nitrogens with zero attached hydrogens (tertiary/aromatic N) is 1. The van der Waals surface area contributed by atoms with Crippen LogP contribution in [0.3, 0.4) is 0 Å². The number of amidine groups is 1. The van der Waals surface area contributed by atoms with Crippen LogP contribution in [0.15, 0.2) is 22.6 Å². The SMILES string of the molecule is CCC(=O)NCC(C)(C)COc1cccc2c1C(N)=NS(O)(O)N2. The smallest absolute Gasteiger partial charge is 0.219 e. The number of hydrogen-bond donors (Lipinski definition) is 5. The molecule has 1 heterocycles. The maximum Gasteiger partial charge on any atom is 0.219 e. The van der Waals surface area contributed by atoms with E-state index in [1.807, 2.05) is 13.8 Å². The van der Waals surface area contributed by atoms with Crippen molar-refractivity contribution in [2.45, 2.75) is 27.2 Å². The van der Waals surface area contributed by atoms with Crippen molar-refractivity contribution < 1.29 is 18.6 Å². The number of amides is 1. The van der Waals surface area contributed by atoms with Gasteiger partial charge in [0.05, 0.1) is 17.9 Å². The van der Waals surface area contributed by atoms with Crippen LogP contribution < -0.4 is 20.5 Å². The number of carbonyl (C=O) groups is 1. The van der Waals surface area contributed by atoms with Gasteiger partial charge in [0.15, 0.2) is 5.84 Å². The van der Waals surface area contributed by atoms with E-state index in [0.29, 0.717) is 36.6 Å². The average Bonchev–Trinajstić information content (AvgIpc) is 2.49. The van der Waals surface area contributed by atoms with Crippen molar-refractivity contribution in [3.63, 3.8) is 0 Å². The van der Waals surface area contributed by atoms with Crippen molar-refractivity contribution >= 4 is 28.4 Å². The number of fused-ring (bicyclic) bond motifs is 1. The zero-order valence-corrected chi connectivity index (χ0v) is 14.8. The summed E-state index contributed by atoms with van der Waals surface area (Å²) >= 11 is 0. The fourth-order valence-corrected chi connectivity index (χ4v) is 3.02. The van der Waals surface area contributed by atoms with Gasteiger partial charge < -0.3 is 15.8 Å². The molecular formula is C15H24N4O4S. The lowest BCUT2D eigenvalue weighted by atomic mass is 9.94. The number of hydrogen-bond acceptors (Lipinski definition) is 7. The summed E-state index contributed by atoms with van der Waals surface area (Å²) < 4.78 is 31.4. The molecule has 0 unspecified atom stereocenters. The minimum absolute atomic E-state index is 0.00838. The predicted molar refractivity (Wildman–Crippen MR) is 96.2 cm³/mol. The molecule has 2 rings (SSSR count). The number of anilines is 1. The third-order valence-corrected chi connectivity index (χ3v) is 4.40. The van der Waals surface area contributed by atoms with E-state index in [4.69, 9.17) is 10.5 Å². The molecule has 134 valence electrons. The number of nitrogens with one attached hydrogen (secondary N) is 2. The summed E-state index contributed by atoms with van der Waals surface area (Å²) in [6.45, 7) is 6.58. The molecule has 0 atom stereocenters. The van der Waals surface area contributed by atoms with E-state index in [2.05, 4.69) is 14.4 Å². The number of benzene rings is 1. The molecule has 1 aromatic rings. The van der Waals surface area contributed by atoms with E-state index in [0.717, 1.165) is 0 Å². The molecule has 8 nitrogen and oxygen atoms in total. The summed E-state index contributed by atoms with van der Waals surface area (Å²) in [5.74, 6) is 0.494. The van der Waals surface area contributed by atoms with E-state index in [1.54, 1.807) is 25.1 Å². The molecule has 6 N–H and O–H groups in total. The Balaban J connectivity index is 2.11. The molecule has 0 aliphatic carbocycles. The Morgan fingerprint density at radius 1 is 1.46 bits per heavy atom. The molecule has 0 bridgehead atoms. The van der Waals surface area contributed by atoms with Crippen LogP contribution in [0.25, 0.3) is 0 Å². The average molecular weight is 356 g/mol. The number of ether oxygens (including phenoxy) is 1. The van der Waals surface area contributed by atoms with Crippen LogP contribution >= 0.6 is 11.0 Å². The highest BCUT2D eigenvalue weighted by atomic mass is 32.3. The largest absolute Gasteiger partial charge is 0.492 e. The predicted octanol–water partition coefficient (Wildman–Crippen LogP) is 2.33. The Morgan fingerprint density at radius 3 is 2.83 bits per heavy atom. The number of rotatable bonds is 6. The van der Waals surface area contributed by atoms with Gasteiger partial charge in [0.25, 0.3) is 0 Å². The minimum atomic E-state index is -3.32. The van der Waals surface area contributed by atoms with Crippen molar-refractivity contribution in [3.05, 3.63) is 23.8 Å². The molecule has 1 aliphatic heterocycles. The molecule has 1 aromatic carbocycles. The van der Waals surface area contributed by atoms with Gasteiger partial charge in [0.1, 0.15) is 5.75 Å². The Bertz CT molecular complexity index is 661. The second-order valence-electron chi connectivity index (χ2n) is 6.36. The van der Waals surface area contributed by atoms with E-state index in [9.17, 15) is 13.9 Å². The van der Waals surface area contributed by atoms with Crippen LogP contribution in [0.1, 0.15) is 32.8 Å². The van der Waals surface area contributed by atoms with Crippen LogP contribution in [-0.4, -0.2) is 34.0 Å². The third-order valence-electron chi connectivity index (χ3n) is 3.46. The van der Waals surface area contributed by atoms with E-state index >= 15 is 0 Å². The number of carbonyl (C=O) groups excluding carboxylic acids is 1. The first-order valence-electron chi connectivity index (χ1n) is 7.58. The third kappa shape index (κ3) is 4.53. The van der Waals surface area contributed by atoms with Gasteiger partial charge in [-0.2, -0.15) is 0 Å². The fraction of sp³-hybridized carbons (Fsp3) is 0.467. The molecule has 0 aromatic heterocycles. The molecular weight excluding hydrogens is 332 g/mol. The number of nitrogens with two attached hydrogens (primary N) is 1. The first-order valence-corrected chi connectivity index (χ1v) is 9.08. The molecule has 0 saturated carbocycles. The summed E-state index contributed by atoms with van der Waals surface area (Å²) in [7, 11) is -3.32. The van der Waals surface area contributed by atoms with Gasteiger partial charge >= 0.3 is 0 Å². The van der Waals surface area contributed by atoms with Gasteiger partial charge in [-0.1, -0.05) is 26.8 Å². The highest BCUT2D eigenvalue weighted by molar-refractivity contribution is 8.24. The quantitative estimate of drug-likeness (QED) is 0.532. The Hall–Kier alpha value is -1.97. The maximum atomic E-state index is 11.4. The molecule has 0 radical (unpaired) electrons. The van der Waals surface area contributed by atoms with E-state index < -0.39 is 11.0 Å². The van der Waals surface area contributed by atoms with Crippen LogP contribution in [0.5, 0.6) is 5.75 Å². The lowest BCUT2D eigenvalue weighted by Crippen LogP contribution is -2.37. The molecule has 0 saturated heterocycles. The summed E-state index contributed by atoms with van der Waals surface area (Å²) in [5.41, 5.74) is 6.52. The molecule has 1 aliphatic rings. The van der Waals surface area contributed by atoms with Crippen LogP contribution in [0.2, 0.25) is 0 Å². The normalized spacial score (nSPS) is 17.1. The summed E-state index contributed by atoms with van der Waals surface area (Å²) in [5, 5.41) is 2.85. The fourth-order valence-electron chi connectivity index (χ4n) is 2.14. The first kappa shape index (κ1) is 18.4. The van der Waals surface area contributed by atoms with Crippen LogP contribution in [0.4, 0.5) is 5.69 Å². The first-order chi connectivity index (χ1) is 11.1. The summed E-state index contributed by atoms with van der Waals surface area (Å²) in [6.07, 6.45) is 0.439. The Morgan fingerprint density at radius 2 is 2.17 bits per heavy atom. The standard InChI is InChI=1S/C15H24N4O4S/c1-4-12(20)17-8-15(2,3)9-23-11-7-5-6-10-13(11)14(16)19-24(21,22)18-10/h5-7,18,21-22H,4,8-9H2,1-3H3,(H2,16,19)(H,17,20). The zero-order valence-electron chi connectivity index (χ0n) is 14.0. The molecule has 0 fully saturated rings. The maximum absolute atomic E-state index is 11.4. The lowest BCUT2D eigenvalue weighted by Gasteiger charge is -2.34. The van der Waals surface area contributed by atoms with Crippen molar-refractivity contribution in [1.82, 2.24) is 5.32 Å². The van der Waals surface area contributed by atoms with Crippen LogP contribution in [0, 0.1) is 5.41 Å². The van der Waals surface area contributed by atoms with E-state index in [-0.39, 0.29) is 17.2 Å². The van der Waals surface area contributed by atoms with E-state index in [1.165, 1.54) is 0 Å². The second-order valence-corrected chi connectivity index (χ2v) is 7.78. The molecule has 9 heteroatoms. The Kier molecular flexibility index (Phi) is 5.26. The summed E-state index contributed by atoms with van der Waals surface area (Å²) in [6, 6.07) is 5.13. The van der Waals surface area contributed by atoms with Crippen molar-refractivity contribution in [3.8, 4) is 5.75 Å². The van der Waals surface area contributed by atoms with Gasteiger partial charge in [-0.15, -0.1) is 4.40 Å². The highest BCUT2D eigenvalue weighted by Gasteiger charge is 2.26. The topological polar surface area (TPSA) is 129 Å². The zero-order chi connectivity index (χ0) is 18.0. The van der Waals surface area contributed by atoms with Crippen molar-refractivity contribution in [2.75, 3.05) is 17.9 Å². The monoisotopic (exact) mass is 356 g/mol. The minimum Gasteiger partial charge on any atom is -0.492 e. The van der Waals surface area contributed by atoms with Gasteiger partial charge in [-0.25, -0.2) is 0 Å². The van der Waals surface area contributed by atoms with Gasteiger partial charge in [0, 0.05) is 18.4 Å².